The molecule has 0 atom stereocenters. The quantitative estimate of drug-likeness (QED) is 0.916. The number of aryl methyl sites for hydroxylation is 1. The fourth-order valence-electron chi connectivity index (χ4n) is 3.34. The summed E-state index contributed by atoms with van der Waals surface area (Å²) in [7, 11) is 0. The SMILES string of the molecule is Cc1ccc(CC(=O)NCC2(c3ccccc3)CCOCC2)cc1. The summed E-state index contributed by atoms with van der Waals surface area (Å²) in [6.45, 7) is 4.23. The molecule has 2 aromatic carbocycles. The molecule has 1 aliphatic heterocycles. The molecule has 3 nitrogen and oxygen atoms in total. The molecule has 0 unspecified atom stereocenters. The van der Waals surface area contributed by atoms with Gasteiger partial charge >= 0.3 is 0 Å². The van der Waals surface area contributed by atoms with E-state index in [0.717, 1.165) is 31.6 Å². The molecule has 0 bridgehead atoms. The summed E-state index contributed by atoms with van der Waals surface area (Å²) in [4.78, 5) is 12.4. The number of hydrogen-bond donors (Lipinski definition) is 1. The van der Waals surface area contributed by atoms with Gasteiger partial charge in [-0.2, -0.15) is 0 Å². The van der Waals surface area contributed by atoms with E-state index in [1.165, 1.54) is 11.1 Å². The van der Waals surface area contributed by atoms with Gasteiger partial charge in [0.05, 0.1) is 6.42 Å². The zero-order valence-corrected chi connectivity index (χ0v) is 14.3. The van der Waals surface area contributed by atoms with Crippen LogP contribution in [0.4, 0.5) is 0 Å². The van der Waals surface area contributed by atoms with Gasteiger partial charge in [0.2, 0.25) is 5.91 Å². The standard InChI is InChI=1S/C21H25NO2/c1-17-7-9-18(10-8-17)15-20(23)22-16-21(11-13-24-14-12-21)19-5-3-2-4-6-19/h2-10H,11-16H2,1H3,(H,22,23). The highest BCUT2D eigenvalue weighted by atomic mass is 16.5. The third-order valence-electron chi connectivity index (χ3n) is 4.95. The zero-order chi connectivity index (χ0) is 16.8. The molecular formula is C21H25NO2. The van der Waals surface area contributed by atoms with Crippen LogP contribution in [0.2, 0.25) is 0 Å². The minimum Gasteiger partial charge on any atom is -0.381 e. The fraction of sp³-hybridized carbons (Fsp3) is 0.381. The first-order chi connectivity index (χ1) is 11.7. The normalized spacial score (nSPS) is 16.5. The molecule has 2 aromatic rings. The highest BCUT2D eigenvalue weighted by Crippen LogP contribution is 2.34. The van der Waals surface area contributed by atoms with Gasteiger partial charge in [0.1, 0.15) is 0 Å². The van der Waals surface area contributed by atoms with Gasteiger partial charge in [0.25, 0.3) is 0 Å². The van der Waals surface area contributed by atoms with E-state index in [9.17, 15) is 4.79 Å². The van der Waals surface area contributed by atoms with Crippen LogP contribution in [0.1, 0.15) is 29.5 Å². The van der Waals surface area contributed by atoms with Crippen LogP contribution >= 0.6 is 0 Å². The second-order valence-corrected chi connectivity index (χ2v) is 6.70. The predicted octanol–water partition coefficient (Wildman–Crippen LogP) is 3.40. The maximum absolute atomic E-state index is 12.4. The van der Waals surface area contributed by atoms with E-state index < -0.39 is 0 Å². The van der Waals surface area contributed by atoms with E-state index in [2.05, 4.69) is 36.5 Å². The van der Waals surface area contributed by atoms with E-state index >= 15 is 0 Å². The molecule has 0 aromatic heterocycles. The van der Waals surface area contributed by atoms with E-state index in [-0.39, 0.29) is 11.3 Å². The molecule has 0 spiro atoms. The monoisotopic (exact) mass is 323 g/mol. The van der Waals surface area contributed by atoms with Crippen molar-refractivity contribution in [3.63, 3.8) is 0 Å². The van der Waals surface area contributed by atoms with Crippen molar-refractivity contribution in [1.29, 1.82) is 0 Å². The largest absolute Gasteiger partial charge is 0.381 e. The van der Waals surface area contributed by atoms with Gasteiger partial charge in [-0.05, 0) is 30.9 Å². The Morgan fingerprint density at radius 1 is 1.04 bits per heavy atom. The number of rotatable bonds is 5. The lowest BCUT2D eigenvalue weighted by molar-refractivity contribution is -0.120. The lowest BCUT2D eigenvalue weighted by Gasteiger charge is -2.38. The summed E-state index contributed by atoms with van der Waals surface area (Å²) in [5, 5.41) is 3.16. The van der Waals surface area contributed by atoms with Crippen molar-refractivity contribution in [2.45, 2.75) is 31.6 Å². The van der Waals surface area contributed by atoms with Crippen molar-refractivity contribution in [3.05, 3.63) is 71.3 Å². The van der Waals surface area contributed by atoms with E-state index in [1.54, 1.807) is 0 Å². The van der Waals surface area contributed by atoms with Crippen molar-refractivity contribution in [3.8, 4) is 0 Å². The summed E-state index contributed by atoms with van der Waals surface area (Å²) in [6, 6.07) is 18.6. The first kappa shape index (κ1) is 16.7. The molecule has 0 aliphatic carbocycles. The van der Waals surface area contributed by atoms with E-state index in [4.69, 9.17) is 4.74 Å². The Morgan fingerprint density at radius 2 is 1.71 bits per heavy atom. The van der Waals surface area contributed by atoms with Crippen LogP contribution in [0.5, 0.6) is 0 Å². The van der Waals surface area contributed by atoms with Crippen LogP contribution < -0.4 is 5.32 Å². The molecule has 1 N–H and O–H groups in total. The molecule has 3 heteroatoms. The van der Waals surface area contributed by atoms with Crippen LogP contribution in [0.3, 0.4) is 0 Å². The smallest absolute Gasteiger partial charge is 0.224 e. The van der Waals surface area contributed by atoms with Gasteiger partial charge in [-0.15, -0.1) is 0 Å². The highest BCUT2D eigenvalue weighted by molar-refractivity contribution is 5.78. The molecule has 1 heterocycles. The summed E-state index contributed by atoms with van der Waals surface area (Å²) in [5.74, 6) is 0.0839. The summed E-state index contributed by atoms with van der Waals surface area (Å²) < 4.78 is 5.55. The first-order valence-corrected chi connectivity index (χ1v) is 8.63. The van der Waals surface area contributed by atoms with Gasteiger partial charge in [0.15, 0.2) is 0 Å². The number of amides is 1. The second-order valence-electron chi connectivity index (χ2n) is 6.70. The Kier molecular flexibility index (Phi) is 5.31. The zero-order valence-electron chi connectivity index (χ0n) is 14.3. The molecule has 1 aliphatic rings. The number of ether oxygens (including phenoxy) is 1. The van der Waals surface area contributed by atoms with Crippen LogP contribution in [-0.2, 0) is 21.4 Å². The predicted molar refractivity (Wildman–Crippen MR) is 96.1 cm³/mol. The van der Waals surface area contributed by atoms with Crippen LogP contribution in [0, 0.1) is 6.92 Å². The second kappa shape index (κ2) is 7.63. The van der Waals surface area contributed by atoms with Gasteiger partial charge in [-0.1, -0.05) is 60.2 Å². The van der Waals surface area contributed by atoms with Gasteiger partial charge in [-0.3, -0.25) is 4.79 Å². The Labute approximate surface area is 144 Å². The van der Waals surface area contributed by atoms with Gasteiger partial charge in [-0.25, -0.2) is 0 Å². The molecule has 0 saturated carbocycles. The Bertz CT molecular complexity index is 658. The highest BCUT2D eigenvalue weighted by Gasteiger charge is 2.34. The van der Waals surface area contributed by atoms with Crippen LogP contribution in [0.15, 0.2) is 54.6 Å². The molecule has 0 radical (unpaired) electrons. The van der Waals surface area contributed by atoms with Gasteiger partial charge < -0.3 is 10.1 Å². The lowest BCUT2D eigenvalue weighted by Crippen LogP contribution is -2.45. The van der Waals surface area contributed by atoms with E-state index in [0.29, 0.717) is 13.0 Å². The van der Waals surface area contributed by atoms with Gasteiger partial charge in [0, 0.05) is 25.2 Å². The number of carbonyl (C=O) groups is 1. The number of nitrogens with one attached hydrogen (secondary N) is 1. The maximum atomic E-state index is 12.4. The topological polar surface area (TPSA) is 38.3 Å². The Morgan fingerprint density at radius 3 is 2.38 bits per heavy atom. The molecule has 1 amide bonds. The number of hydrogen-bond acceptors (Lipinski definition) is 2. The lowest BCUT2D eigenvalue weighted by atomic mass is 9.74. The molecular weight excluding hydrogens is 298 g/mol. The Hall–Kier alpha value is -2.13. The number of benzene rings is 2. The van der Waals surface area contributed by atoms with Crippen LogP contribution in [-0.4, -0.2) is 25.7 Å². The third kappa shape index (κ3) is 4.04. The average Bonchev–Trinajstić information content (AvgIpc) is 2.63. The molecule has 1 fully saturated rings. The molecule has 126 valence electrons. The summed E-state index contributed by atoms with van der Waals surface area (Å²) in [5.41, 5.74) is 3.55. The maximum Gasteiger partial charge on any atom is 0.224 e. The van der Waals surface area contributed by atoms with E-state index in [1.807, 2.05) is 30.3 Å². The molecule has 1 saturated heterocycles. The summed E-state index contributed by atoms with van der Waals surface area (Å²) >= 11 is 0. The first-order valence-electron chi connectivity index (χ1n) is 8.63. The van der Waals surface area contributed by atoms with Crippen molar-refractivity contribution in [1.82, 2.24) is 5.32 Å². The summed E-state index contributed by atoms with van der Waals surface area (Å²) in [6.07, 6.45) is 2.32. The molecule has 24 heavy (non-hydrogen) atoms. The Balaban J connectivity index is 1.65. The average molecular weight is 323 g/mol. The van der Waals surface area contributed by atoms with Crippen molar-refractivity contribution in [2.75, 3.05) is 19.8 Å². The molecule has 3 rings (SSSR count). The van der Waals surface area contributed by atoms with Crippen molar-refractivity contribution < 1.29 is 9.53 Å². The van der Waals surface area contributed by atoms with Crippen LogP contribution in [0.25, 0.3) is 0 Å². The minimum atomic E-state index is -0.0115. The minimum absolute atomic E-state index is 0.0115. The third-order valence-corrected chi connectivity index (χ3v) is 4.95. The number of carbonyl (C=O) groups excluding carboxylic acids is 1. The van der Waals surface area contributed by atoms with Crippen molar-refractivity contribution >= 4 is 5.91 Å². The van der Waals surface area contributed by atoms with Crippen molar-refractivity contribution in [2.24, 2.45) is 0 Å². The fourth-order valence-corrected chi connectivity index (χ4v) is 3.34.